The summed E-state index contributed by atoms with van der Waals surface area (Å²) in [5, 5.41) is 3.28. The molecule has 0 unspecified atom stereocenters. The van der Waals surface area contributed by atoms with E-state index in [9.17, 15) is 9.18 Å². The van der Waals surface area contributed by atoms with Crippen molar-refractivity contribution < 1.29 is 9.18 Å². The lowest BCUT2D eigenvalue weighted by Crippen LogP contribution is -2.41. The number of carbonyl (C=O) groups is 1. The molecule has 2 aromatic rings. The predicted molar refractivity (Wildman–Crippen MR) is 111 cm³/mol. The third kappa shape index (κ3) is 5.20. The van der Waals surface area contributed by atoms with Crippen molar-refractivity contribution in [2.24, 2.45) is 5.92 Å². The van der Waals surface area contributed by atoms with Gasteiger partial charge in [-0.05, 0) is 75.0 Å². The number of nitrogens with one attached hydrogen (secondary N) is 1. The van der Waals surface area contributed by atoms with E-state index in [4.69, 9.17) is 0 Å². The van der Waals surface area contributed by atoms with Crippen molar-refractivity contribution in [3.8, 4) is 0 Å². The van der Waals surface area contributed by atoms with Crippen LogP contribution in [0.2, 0.25) is 0 Å². The van der Waals surface area contributed by atoms with E-state index in [2.05, 4.69) is 49.2 Å². The standard InChI is InChI=1S/C24H31FN2O/c1-4-23(22-10-5-17(2)15-18(22)3)26-24(28)20-11-13-27(14-12-20)16-19-6-8-21(25)9-7-19/h5-10,15,20,23H,4,11-14,16H2,1-3H3,(H,26,28)/t23-/m1/s1. The van der Waals surface area contributed by atoms with Crippen molar-refractivity contribution in [3.05, 3.63) is 70.5 Å². The third-order valence-corrected chi connectivity index (χ3v) is 5.80. The van der Waals surface area contributed by atoms with Crippen molar-refractivity contribution >= 4 is 5.91 Å². The molecule has 1 fully saturated rings. The molecule has 0 spiro atoms. The molecule has 0 aliphatic carbocycles. The molecule has 0 saturated carbocycles. The fourth-order valence-electron chi connectivity index (χ4n) is 4.11. The van der Waals surface area contributed by atoms with E-state index in [1.54, 1.807) is 0 Å². The zero-order chi connectivity index (χ0) is 20.1. The maximum Gasteiger partial charge on any atom is 0.223 e. The molecule has 28 heavy (non-hydrogen) atoms. The van der Waals surface area contributed by atoms with Gasteiger partial charge in [0.05, 0.1) is 6.04 Å². The number of piperidine rings is 1. The summed E-state index contributed by atoms with van der Waals surface area (Å²) in [7, 11) is 0. The van der Waals surface area contributed by atoms with Crippen molar-refractivity contribution in [1.29, 1.82) is 0 Å². The zero-order valence-corrected chi connectivity index (χ0v) is 17.2. The Balaban J connectivity index is 1.53. The fourth-order valence-corrected chi connectivity index (χ4v) is 4.11. The molecule has 1 aliphatic heterocycles. The molecule has 150 valence electrons. The quantitative estimate of drug-likeness (QED) is 0.769. The maximum absolute atomic E-state index is 13.0. The van der Waals surface area contributed by atoms with Gasteiger partial charge in [-0.1, -0.05) is 42.8 Å². The summed E-state index contributed by atoms with van der Waals surface area (Å²) in [6, 6.07) is 13.2. The number of aryl methyl sites for hydroxylation is 2. The van der Waals surface area contributed by atoms with Crippen LogP contribution in [0.4, 0.5) is 4.39 Å². The smallest absolute Gasteiger partial charge is 0.223 e. The first kappa shape index (κ1) is 20.5. The summed E-state index contributed by atoms with van der Waals surface area (Å²) >= 11 is 0. The number of benzene rings is 2. The first-order chi connectivity index (χ1) is 13.5. The number of likely N-dealkylation sites (tertiary alicyclic amines) is 1. The van der Waals surface area contributed by atoms with Crippen molar-refractivity contribution in [2.45, 2.75) is 52.6 Å². The Morgan fingerprint density at radius 1 is 1.14 bits per heavy atom. The second kappa shape index (κ2) is 9.33. The van der Waals surface area contributed by atoms with Crippen LogP contribution in [0.1, 0.15) is 54.5 Å². The van der Waals surface area contributed by atoms with E-state index in [1.165, 1.54) is 28.8 Å². The molecule has 4 heteroatoms. The summed E-state index contributed by atoms with van der Waals surface area (Å²) in [5.41, 5.74) is 4.82. The van der Waals surface area contributed by atoms with Crippen LogP contribution < -0.4 is 5.32 Å². The molecule has 0 radical (unpaired) electrons. The number of halogens is 1. The topological polar surface area (TPSA) is 32.3 Å². The Kier molecular flexibility index (Phi) is 6.84. The lowest BCUT2D eigenvalue weighted by atomic mass is 9.93. The van der Waals surface area contributed by atoms with Crippen LogP contribution in [-0.2, 0) is 11.3 Å². The van der Waals surface area contributed by atoms with Crippen LogP contribution in [0, 0.1) is 25.6 Å². The van der Waals surface area contributed by atoms with Crippen LogP contribution in [0.5, 0.6) is 0 Å². The highest BCUT2D eigenvalue weighted by Crippen LogP contribution is 2.24. The second-order valence-electron chi connectivity index (χ2n) is 8.01. The van der Waals surface area contributed by atoms with Crippen LogP contribution in [0.3, 0.4) is 0 Å². The van der Waals surface area contributed by atoms with Crippen molar-refractivity contribution in [2.75, 3.05) is 13.1 Å². The SMILES string of the molecule is CC[C@@H](NC(=O)C1CCN(Cc2ccc(F)cc2)CC1)c1ccc(C)cc1C. The van der Waals surface area contributed by atoms with Gasteiger partial charge < -0.3 is 5.32 Å². The first-order valence-electron chi connectivity index (χ1n) is 10.3. The van der Waals surface area contributed by atoms with E-state index >= 15 is 0 Å². The van der Waals surface area contributed by atoms with Gasteiger partial charge in [-0.25, -0.2) is 4.39 Å². The van der Waals surface area contributed by atoms with Gasteiger partial charge in [0.15, 0.2) is 0 Å². The molecule has 1 amide bonds. The van der Waals surface area contributed by atoms with Crippen LogP contribution in [0.15, 0.2) is 42.5 Å². The van der Waals surface area contributed by atoms with Gasteiger partial charge in [-0.3, -0.25) is 9.69 Å². The van der Waals surface area contributed by atoms with E-state index < -0.39 is 0 Å². The van der Waals surface area contributed by atoms with Crippen molar-refractivity contribution in [1.82, 2.24) is 10.2 Å². The Labute approximate surface area is 167 Å². The average molecular weight is 383 g/mol. The molecule has 0 bridgehead atoms. The number of carbonyl (C=O) groups excluding carboxylic acids is 1. The summed E-state index contributed by atoms with van der Waals surface area (Å²) in [4.78, 5) is 15.2. The van der Waals surface area contributed by atoms with Crippen LogP contribution in [0.25, 0.3) is 0 Å². The highest BCUT2D eigenvalue weighted by molar-refractivity contribution is 5.79. The minimum absolute atomic E-state index is 0.0734. The number of hydrogen-bond donors (Lipinski definition) is 1. The summed E-state index contributed by atoms with van der Waals surface area (Å²) in [6.45, 7) is 8.94. The lowest BCUT2D eigenvalue weighted by molar-refractivity contribution is -0.127. The van der Waals surface area contributed by atoms with Crippen LogP contribution in [-0.4, -0.2) is 23.9 Å². The third-order valence-electron chi connectivity index (χ3n) is 5.80. The predicted octanol–water partition coefficient (Wildman–Crippen LogP) is 4.92. The number of nitrogens with zero attached hydrogens (tertiary/aromatic N) is 1. The van der Waals surface area contributed by atoms with Gasteiger partial charge in [0.25, 0.3) is 0 Å². The van der Waals surface area contributed by atoms with E-state index in [0.29, 0.717) is 0 Å². The molecule has 2 aromatic carbocycles. The Morgan fingerprint density at radius 2 is 1.82 bits per heavy atom. The molecule has 3 nitrogen and oxygen atoms in total. The normalized spacial score (nSPS) is 16.7. The van der Waals surface area contributed by atoms with E-state index in [1.807, 2.05) is 12.1 Å². The molecular formula is C24H31FN2O. The summed E-state index contributed by atoms with van der Waals surface area (Å²) in [5.74, 6) is 0.0472. The minimum Gasteiger partial charge on any atom is -0.349 e. The first-order valence-corrected chi connectivity index (χ1v) is 10.3. The van der Waals surface area contributed by atoms with Crippen LogP contribution >= 0.6 is 0 Å². The maximum atomic E-state index is 13.0. The van der Waals surface area contributed by atoms with Gasteiger partial charge >= 0.3 is 0 Å². The Bertz CT molecular complexity index is 795. The highest BCUT2D eigenvalue weighted by Gasteiger charge is 2.26. The average Bonchev–Trinajstić information content (AvgIpc) is 2.69. The lowest BCUT2D eigenvalue weighted by Gasteiger charge is -2.32. The molecule has 0 aromatic heterocycles. The number of hydrogen-bond acceptors (Lipinski definition) is 2. The van der Waals surface area contributed by atoms with Gasteiger partial charge in [-0.15, -0.1) is 0 Å². The van der Waals surface area contributed by atoms with Gasteiger partial charge in [0.1, 0.15) is 5.82 Å². The number of amides is 1. The Hall–Kier alpha value is -2.20. The second-order valence-corrected chi connectivity index (χ2v) is 8.01. The Morgan fingerprint density at radius 3 is 2.43 bits per heavy atom. The summed E-state index contributed by atoms with van der Waals surface area (Å²) in [6.07, 6.45) is 2.63. The molecule has 1 saturated heterocycles. The zero-order valence-electron chi connectivity index (χ0n) is 17.2. The molecule has 1 N–H and O–H groups in total. The van der Waals surface area contributed by atoms with Crippen molar-refractivity contribution in [3.63, 3.8) is 0 Å². The largest absolute Gasteiger partial charge is 0.349 e. The number of rotatable bonds is 6. The minimum atomic E-state index is -0.201. The van der Waals surface area contributed by atoms with E-state index in [-0.39, 0.29) is 23.7 Å². The van der Waals surface area contributed by atoms with Gasteiger partial charge in [0, 0.05) is 12.5 Å². The molecule has 1 atom stereocenters. The molecule has 3 rings (SSSR count). The summed E-state index contributed by atoms with van der Waals surface area (Å²) < 4.78 is 13.0. The van der Waals surface area contributed by atoms with Gasteiger partial charge in [0.2, 0.25) is 5.91 Å². The molecule has 1 aliphatic rings. The molecular weight excluding hydrogens is 351 g/mol. The highest BCUT2D eigenvalue weighted by atomic mass is 19.1. The molecule has 1 heterocycles. The van der Waals surface area contributed by atoms with Gasteiger partial charge in [-0.2, -0.15) is 0 Å². The fraction of sp³-hybridized carbons (Fsp3) is 0.458. The monoisotopic (exact) mass is 382 g/mol. The van der Waals surface area contributed by atoms with E-state index in [0.717, 1.165) is 44.5 Å².